The maximum atomic E-state index is 12.1. The van der Waals surface area contributed by atoms with E-state index in [4.69, 9.17) is 22.1 Å². The molecule has 1 aromatic carbocycles. The minimum atomic E-state index is -0.362. The predicted octanol–water partition coefficient (Wildman–Crippen LogP) is 4.05. The molecule has 2 unspecified atom stereocenters. The van der Waals surface area contributed by atoms with E-state index in [0.29, 0.717) is 22.2 Å². The lowest BCUT2D eigenvalue weighted by Crippen LogP contribution is -2.25. The summed E-state index contributed by atoms with van der Waals surface area (Å²) in [5, 5.41) is 0.391. The van der Waals surface area contributed by atoms with Crippen molar-refractivity contribution in [2.45, 2.75) is 45.1 Å². The Bertz CT molecular complexity index is 461. The minimum Gasteiger partial charge on any atom is -0.459 e. The summed E-state index contributed by atoms with van der Waals surface area (Å²) >= 11 is 6.01. The van der Waals surface area contributed by atoms with E-state index < -0.39 is 0 Å². The van der Waals surface area contributed by atoms with Gasteiger partial charge in [0.2, 0.25) is 0 Å². The molecule has 0 bridgehead atoms. The van der Waals surface area contributed by atoms with E-state index in [1.807, 2.05) is 0 Å². The van der Waals surface area contributed by atoms with E-state index in [1.54, 1.807) is 18.2 Å². The largest absolute Gasteiger partial charge is 0.459 e. The highest BCUT2D eigenvalue weighted by Gasteiger charge is 2.25. The van der Waals surface area contributed by atoms with E-state index in [-0.39, 0.29) is 12.1 Å². The molecule has 0 aromatic heterocycles. The molecule has 1 aromatic rings. The zero-order valence-corrected chi connectivity index (χ0v) is 12.0. The fraction of sp³-hybridized carbons (Fsp3) is 0.533. The third-order valence-corrected chi connectivity index (χ3v) is 4.13. The first kappa shape index (κ1) is 14.2. The lowest BCUT2D eigenvalue weighted by atomic mass is 9.85. The van der Waals surface area contributed by atoms with Crippen LogP contribution in [0.5, 0.6) is 0 Å². The van der Waals surface area contributed by atoms with Crippen LogP contribution < -0.4 is 5.73 Å². The fourth-order valence-corrected chi connectivity index (χ4v) is 2.83. The minimum absolute atomic E-state index is 0.0173. The van der Waals surface area contributed by atoms with Gasteiger partial charge in [0, 0.05) is 5.69 Å². The van der Waals surface area contributed by atoms with Crippen molar-refractivity contribution in [3.05, 3.63) is 28.8 Å². The van der Waals surface area contributed by atoms with Crippen molar-refractivity contribution in [1.82, 2.24) is 0 Å². The molecule has 104 valence electrons. The summed E-state index contributed by atoms with van der Waals surface area (Å²) in [5.41, 5.74) is 6.56. The Labute approximate surface area is 119 Å². The SMILES string of the molecule is CCC1CCCC(OC(=O)c2cc(N)ccc2Cl)C1. The van der Waals surface area contributed by atoms with Crippen LogP contribution in [0.25, 0.3) is 0 Å². The average molecular weight is 282 g/mol. The van der Waals surface area contributed by atoms with Crippen LogP contribution in [0.4, 0.5) is 5.69 Å². The smallest absolute Gasteiger partial charge is 0.340 e. The van der Waals surface area contributed by atoms with Gasteiger partial charge in [-0.25, -0.2) is 4.79 Å². The van der Waals surface area contributed by atoms with Gasteiger partial charge in [0.15, 0.2) is 0 Å². The summed E-state index contributed by atoms with van der Waals surface area (Å²) in [5.74, 6) is 0.307. The standard InChI is InChI=1S/C15H20ClNO2/c1-2-10-4-3-5-12(8-10)19-15(18)13-9-11(17)6-7-14(13)16/h6-7,9-10,12H,2-5,8,17H2,1H3. The topological polar surface area (TPSA) is 52.3 Å². The van der Waals surface area contributed by atoms with Crippen LogP contribution in [0.15, 0.2) is 18.2 Å². The summed E-state index contributed by atoms with van der Waals surface area (Å²) in [7, 11) is 0. The van der Waals surface area contributed by atoms with Crippen LogP contribution in [0.2, 0.25) is 5.02 Å². The Balaban J connectivity index is 2.02. The first-order valence-electron chi connectivity index (χ1n) is 6.86. The zero-order valence-electron chi connectivity index (χ0n) is 11.2. The lowest BCUT2D eigenvalue weighted by molar-refractivity contribution is 0.0140. The number of hydrogen-bond donors (Lipinski definition) is 1. The number of ether oxygens (including phenoxy) is 1. The fourth-order valence-electron chi connectivity index (χ4n) is 2.63. The van der Waals surface area contributed by atoms with E-state index in [9.17, 15) is 4.79 Å². The van der Waals surface area contributed by atoms with Crippen molar-refractivity contribution >= 4 is 23.3 Å². The number of carbonyl (C=O) groups excluding carboxylic acids is 1. The maximum Gasteiger partial charge on any atom is 0.340 e. The normalized spacial score (nSPS) is 23.1. The highest BCUT2D eigenvalue weighted by Crippen LogP contribution is 2.29. The van der Waals surface area contributed by atoms with Gasteiger partial charge in [-0.1, -0.05) is 31.4 Å². The van der Waals surface area contributed by atoms with Crippen molar-refractivity contribution < 1.29 is 9.53 Å². The number of rotatable bonds is 3. The Hall–Kier alpha value is -1.22. The molecule has 0 heterocycles. The summed E-state index contributed by atoms with van der Waals surface area (Å²) in [6, 6.07) is 4.88. The molecule has 2 rings (SSSR count). The first-order chi connectivity index (χ1) is 9.10. The second-order valence-corrected chi connectivity index (χ2v) is 5.61. The van der Waals surface area contributed by atoms with E-state index in [0.717, 1.165) is 25.7 Å². The molecule has 0 saturated heterocycles. The van der Waals surface area contributed by atoms with Gasteiger partial charge in [-0.3, -0.25) is 0 Å². The van der Waals surface area contributed by atoms with Gasteiger partial charge >= 0.3 is 5.97 Å². The molecule has 0 aliphatic heterocycles. The van der Waals surface area contributed by atoms with Crippen molar-refractivity contribution in [3.8, 4) is 0 Å². The summed E-state index contributed by atoms with van der Waals surface area (Å²) in [6.45, 7) is 2.18. The van der Waals surface area contributed by atoms with Gasteiger partial charge in [-0.15, -0.1) is 0 Å². The van der Waals surface area contributed by atoms with Gasteiger partial charge in [0.05, 0.1) is 10.6 Å². The number of hydrogen-bond acceptors (Lipinski definition) is 3. The van der Waals surface area contributed by atoms with Crippen molar-refractivity contribution in [3.63, 3.8) is 0 Å². The quantitative estimate of drug-likeness (QED) is 0.672. The monoisotopic (exact) mass is 281 g/mol. The highest BCUT2D eigenvalue weighted by atomic mass is 35.5. The third kappa shape index (κ3) is 3.63. The summed E-state index contributed by atoms with van der Waals surface area (Å²) < 4.78 is 5.57. The van der Waals surface area contributed by atoms with Gasteiger partial charge in [0.25, 0.3) is 0 Å². The maximum absolute atomic E-state index is 12.1. The second kappa shape index (κ2) is 6.29. The van der Waals surface area contributed by atoms with Crippen LogP contribution in [0.1, 0.15) is 49.4 Å². The Morgan fingerprint density at radius 3 is 3.00 bits per heavy atom. The Morgan fingerprint density at radius 2 is 2.26 bits per heavy atom. The van der Waals surface area contributed by atoms with Crippen LogP contribution in [-0.2, 0) is 4.74 Å². The van der Waals surface area contributed by atoms with Crippen LogP contribution in [0, 0.1) is 5.92 Å². The number of anilines is 1. The number of carbonyl (C=O) groups is 1. The van der Waals surface area contributed by atoms with E-state index in [2.05, 4.69) is 6.92 Å². The number of nitrogens with two attached hydrogens (primary N) is 1. The van der Waals surface area contributed by atoms with Gasteiger partial charge in [0.1, 0.15) is 6.10 Å². The molecule has 0 radical (unpaired) electrons. The van der Waals surface area contributed by atoms with Crippen molar-refractivity contribution in [1.29, 1.82) is 0 Å². The molecule has 1 fully saturated rings. The van der Waals surface area contributed by atoms with Gasteiger partial charge < -0.3 is 10.5 Å². The zero-order chi connectivity index (χ0) is 13.8. The number of halogens is 1. The molecule has 4 heteroatoms. The molecule has 0 amide bonds. The van der Waals surface area contributed by atoms with Gasteiger partial charge in [-0.05, 0) is 43.4 Å². The van der Waals surface area contributed by atoms with Gasteiger partial charge in [-0.2, -0.15) is 0 Å². The first-order valence-corrected chi connectivity index (χ1v) is 7.24. The molecule has 2 atom stereocenters. The number of esters is 1. The Morgan fingerprint density at radius 1 is 1.47 bits per heavy atom. The molecule has 19 heavy (non-hydrogen) atoms. The van der Waals surface area contributed by atoms with E-state index in [1.165, 1.54) is 6.42 Å². The van der Waals surface area contributed by atoms with Crippen LogP contribution in [-0.4, -0.2) is 12.1 Å². The van der Waals surface area contributed by atoms with Crippen molar-refractivity contribution in [2.24, 2.45) is 5.92 Å². The third-order valence-electron chi connectivity index (χ3n) is 3.80. The highest BCUT2D eigenvalue weighted by molar-refractivity contribution is 6.33. The summed E-state index contributed by atoms with van der Waals surface area (Å²) in [4.78, 5) is 12.1. The molecule has 1 aliphatic rings. The number of nitrogen functional groups attached to an aromatic ring is 1. The average Bonchev–Trinajstić information content (AvgIpc) is 2.41. The molecule has 1 aliphatic carbocycles. The molecule has 1 saturated carbocycles. The van der Waals surface area contributed by atoms with Crippen LogP contribution in [0.3, 0.4) is 0 Å². The summed E-state index contributed by atoms with van der Waals surface area (Å²) in [6.07, 6.45) is 5.44. The molecule has 0 spiro atoms. The van der Waals surface area contributed by atoms with Crippen LogP contribution >= 0.6 is 11.6 Å². The lowest BCUT2D eigenvalue weighted by Gasteiger charge is -2.28. The Kier molecular flexibility index (Phi) is 4.70. The molecule has 2 N–H and O–H groups in total. The molecular formula is C15H20ClNO2. The van der Waals surface area contributed by atoms with Crippen molar-refractivity contribution in [2.75, 3.05) is 5.73 Å². The molecule has 3 nitrogen and oxygen atoms in total. The predicted molar refractivity (Wildman–Crippen MR) is 77.3 cm³/mol. The molecular weight excluding hydrogens is 262 g/mol. The van der Waals surface area contributed by atoms with E-state index >= 15 is 0 Å². The number of benzene rings is 1. The second-order valence-electron chi connectivity index (χ2n) is 5.21.